The molecule has 0 amide bonds. The average molecular weight is 199 g/mol. The van der Waals surface area contributed by atoms with Gasteiger partial charge in [-0.1, -0.05) is 11.6 Å². The highest BCUT2D eigenvalue weighted by Crippen LogP contribution is 2.17. The molecule has 10 heavy (non-hydrogen) atoms. The number of nitrogens with zero attached hydrogens (tertiary/aromatic N) is 1. The number of halogens is 2. The van der Waals surface area contributed by atoms with Crippen LogP contribution in [0, 0.1) is 0 Å². The molecule has 0 spiro atoms. The summed E-state index contributed by atoms with van der Waals surface area (Å²) >= 11 is 7.05. The van der Waals surface area contributed by atoms with Crippen LogP contribution in [-0.2, 0) is 6.42 Å². The van der Waals surface area contributed by atoms with Crippen LogP contribution < -0.4 is 5.73 Å². The minimum absolute atomic E-state index is 0. The largest absolute Gasteiger partial charge is 0.330 e. The maximum Gasteiger partial charge on any atom is 0.183 e. The lowest BCUT2D eigenvalue weighted by Crippen LogP contribution is -2.00. The molecule has 1 rings (SSSR count). The van der Waals surface area contributed by atoms with Gasteiger partial charge in [-0.3, -0.25) is 0 Å². The third kappa shape index (κ3) is 2.84. The Hall–Kier alpha value is 0.170. The van der Waals surface area contributed by atoms with E-state index in [0.29, 0.717) is 11.0 Å². The molecule has 58 valence electrons. The van der Waals surface area contributed by atoms with Crippen LogP contribution in [0.25, 0.3) is 0 Å². The van der Waals surface area contributed by atoms with Crippen molar-refractivity contribution < 1.29 is 0 Å². The van der Waals surface area contributed by atoms with Crippen molar-refractivity contribution in [1.29, 1.82) is 0 Å². The van der Waals surface area contributed by atoms with E-state index in [1.807, 2.05) is 0 Å². The number of nitrogens with two attached hydrogens (primary N) is 1. The van der Waals surface area contributed by atoms with Gasteiger partial charge in [0.2, 0.25) is 0 Å². The maximum atomic E-state index is 5.56. The zero-order valence-electron chi connectivity index (χ0n) is 5.21. The Bertz CT molecular complexity index is 190. The van der Waals surface area contributed by atoms with E-state index in [0.717, 1.165) is 11.3 Å². The van der Waals surface area contributed by atoms with E-state index in [4.69, 9.17) is 17.3 Å². The van der Waals surface area contributed by atoms with E-state index in [9.17, 15) is 0 Å². The molecule has 2 N–H and O–H groups in total. The van der Waals surface area contributed by atoms with Crippen LogP contribution in [0.4, 0.5) is 0 Å². The monoisotopic (exact) mass is 198 g/mol. The number of hydrogen-bond donors (Lipinski definition) is 1. The highest BCUT2D eigenvalue weighted by atomic mass is 35.5. The Labute approximate surface area is 74.8 Å². The summed E-state index contributed by atoms with van der Waals surface area (Å²) < 4.78 is 0.596. The standard InChI is InChI=1S/C5H7ClN2S.ClH/c6-5-8-3-4(9-5)1-2-7;/h3H,1-2,7H2;1H. The van der Waals surface area contributed by atoms with Crippen LogP contribution in [0.15, 0.2) is 6.20 Å². The summed E-state index contributed by atoms with van der Waals surface area (Å²) in [6.07, 6.45) is 2.64. The van der Waals surface area contributed by atoms with Crippen molar-refractivity contribution in [2.24, 2.45) is 5.73 Å². The van der Waals surface area contributed by atoms with Gasteiger partial charge in [-0.2, -0.15) is 0 Å². The Balaban J connectivity index is 0.000000810. The van der Waals surface area contributed by atoms with E-state index >= 15 is 0 Å². The molecule has 0 unspecified atom stereocenters. The third-order valence-electron chi connectivity index (χ3n) is 0.916. The van der Waals surface area contributed by atoms with Gasteiger partial charge in [-0.15, -0.1) is 23.7 Å². The predicted molar refractivity (Wildman–Crippen MR) is 47.1 cm³/mol. The molecule has 0 aliphatic heterocycles. The molecule has 1 aromatic rings. The first-order chi connectivity index (χ1) is 4.33. The SMILES string of the molecule is Cl.NCCc1cnc(Cl)s1. The molecule has 0 saturated heterocycles. The van der Waals surface area contributed by atoms with Gasteiger partial charge >= 0.3 is 0 Å². The topological polar surface area (TPSA) is 38.9 Å². The van der Waals surface area contributed by atoms with Crippen LogP contribution in [0.1, 0.15) is 4.88 Å². The zero-order valence-corrected chi connectivity index (χ0v) is 7.60. The fourth-order valence-electron chi connectivity index (χ4n) is 0.541. The van der Waals surface area contributed by atoms with Gasteiger partial charge in [-0.05, 0) is 13.0 Å². The first-order valence-electron chi connectivity index (χ1n) is 2.63. The number of thiazole rings is 1. The molecule has 0 aromatic carbocycles. The molecule has 0 fully saturated rings. The van der Waals surface area contributed by atoms with Crippen molar-refractivity contribution in [3.05, 3.63) is 15.5 Å². The third-order valence-corrected chi connectivity index (χ3v) is 2.09. The summed E-state index contributed by atoms with van der Waals surface area (Å²) in [5, 5.41) is 0. The summed E-state index contributed by atoms with van der Waals surface area (Å²) in [5.41, 5.74) is 5.31. The van der Waals surface area contributed by atoms with Crippen molar-refractivity contribution in [2.75, 3.05) is 6.54 Å². The van der Waals surface area contributed by atoms with E-state index in [-0.39, 0.29) is 12.4 Å². The van der Waals surface area contributed by atoms with Crippen molar-refractivity contribution in [1.82, 2.24) is 4.98 Å². The minimum Gasteiger partial charge on any atom is -0.330 e. The summed E-state index contributed by atoms with van der Waals surface area (Å²) in [4.78, 5) is 5.02. The molecule has 1 heterocycles. The van der Waals surface area contributed by atoms with Crippen molar-refractivity contribution in [3.8, 4) is 0 Å². The highest BCUT2D eigenvalue weighted by molar-refractivity contribution is 7.15. The lowest BCUT2D eigenvalue weighted by molar-refractivity contribution is 0.984. The van der Waals surface area contributed by atoms with Crippen LogP contribution in [0.2, 0.25) is 4.47 Å². The lowest BCUT2D eigenvalue weighted by atomic mass is 10.4. The Morgan fingerprint density at radius 1 is 1.70 bits per heavy atom. The Morgan fingerprint density at radius 2 is 2.40 bits per heavy atom. The number of rotatable bonds is 2. The average Bonchev–Trinajstić information content (AvgIpc) is 2.17. The van der Waals surface area contributed by atoms with Crippen LogP contribution in [0.5, 0.6) is 0 Å². The number of aromatic nitrogens is 1. The molecule has 0 aliphatic rings. The molecule has 0 saturated carbocycles. The normalized spacial score (nSPS) is 9.00. The molecule has 2 nitrogen and oxygen atoms in total. The van der Waals surface area contributed by atoms with Gasteiger partial charge in [0, 0.05) is 11.1 Å². The molecule has 0 bridgehead atoms. The second-order valence-corrected chi connectivity index (χ2v) is 3.32. The molecule has 5 heteroatoms. The van der Waals surface area contributed by atoms with Gasteiger partial charge in [0.25, 0.3) is 0 Å². The molecule has 0 atom stereocenters. The molecule has 0 radical (unpaired) electrons. The minimum atomic E-state index is 0. The Kier molecular flexibility index (Phi) is 4.99. The van der Waals surface area contributed by atoms with Crippen molar-refractivity contribution in [2.45, 2.75) is 6.42 Å². The Morgan fingerprint density at radius 3 is 2.80 bits per heavy atom. The maximum absolute atomic E-state index is 5.56. The fraction of sp³-hybridized carbons (Fsp3) is 0.400. The summed E-state index contributed by atoms with van der Waals surface area (Å²) in [7, 11) is 0. The molecular weight excluding hydrogens is 191 g/mol. The smallest absolute Gasteiger partial charge is 0.183 e. The van der Waals surface area contributed by atoms with Gasteiger partial charge in [-0.25, -0.2) is 4.98 Å². The summed E-state index contributed by atoms with van der Waals surface area (Å²) in [6.45, 7) is 0.665. The second-order valence-electron chi connectivity index (χ2n) is 1.62. The van der Waals surface area contributed by atoms with Crippen LogP contribution in [-0.4, -0.2) is 11.5 Å². The first kappa shape index (κ1) is 10.2. The highest BCUT2D eigenvalue weighted by Gasteiger charge is 1.95. The fourth-order valence-corrected chi connectivity index (χ4v) is 1.53. The molecule has 1 aromatic heterocycles. The quantitative estimate of drug-likeness (QED) is 0.787. The molecular formula is C5H8Cl2N2S. The summed E-state index contributed by atoms with van der Waals surface area (Å²) in [5.74, 6) is 0. The van der Waals surface area contributed by atoms with Gasteiger partial charge < -0.3 is 5.73 Å². The van der Waals surface area contributed by atoms with Crippen LogP contribution >= 0.6 is 35.3 Å². The van der Waals surface area contributed by atoms with Crippen LogP contribution in [0.3, 0.4) is 0 Å². The van der Waals surface area contributed by atoms with Crippen molar-refractivity contribution >= 4 is 35.3 Å². The van der Waals surface area contributed by atoms with E-state index in [1.54, 1.807) is 6.20 Å². The lowest BCUT2D eigenvalue weighted by Gasteiger charge is -1.85. The predicted octanol–water partition coefficient (Wildman–Crippen LogP) is 1.72. The van der Waals surface area contributed by atoms with Gasteiger partial charge in [0.1, 0.15) is 0 Å². The molecule has 0 aliphatic carbocycles. The van der Waals surface area contributed by atoms with Crippen molar-refractivity contribution in [3.63, 3.8) is 0 Å². The first-order valence-corrected chi connectivity index (χ1v) is 3.82. The van der Waals surface area contributed by atoms with E-state index < -0.39 is 0 Å². The zero-order chi connectivity index (χ0) is 6.69. The van der Waals surface area contributed by atoms with Gasteiger partial charge in [0.15, 0.2) is 4.47 Å². The number of hydrogen-bond acceptors (Lipinski definition) is 3. The van der Waals surface area contributed by atoms with Gasteiger partial charge in [0.05, 0.1) is 0 Å². The summed E-state index contributed by atoms with van der Waals surface area (Å²) in [6, 6.07) is 0. The van der Waals surface area contributed by atoms with E-state index in [1.165, 1.54) is 11.3 Å². The van der Waals surface area contributed by atoms with E-state index in [2.05, 4.69) is 4.98 Å². The second kappa shape index (κ2) is 4.91.